The third-order valence-corrected chi connectivity index (χ3v) is 4.73. The van der Waals surface area contributed by atoms with Crippen LogP contribution in [0.15, 0.2) is 78.9 Å². The molecule has 0 radical (unpaired) electrons. The highest BCUT2D eigenvalue weighted by atomic mass is 35.5. The predicted molar refractivity (Wildman–Crippen MR) is 114 cm³/mol. The van der Waals surface area contributed by atoms with Gasteiger partial charge in [0.15, 0.2) is 5.78 Å². The summed E-state index contributed by atoms with van der Waals surface area (Å²) in [5.41, 5.74) is 3.85. The summed E-state index contributed by atoms with van der Waals surface area (Å²) in [6, 6.07) is 25.1. The second kappa shape index (κ2) is 8.74. The Kier molecular flexibility index (Phi) is 6.15. The second-order valence-electron chi connectivity index (χ2n) is 6.68. The SMILES string of the molecule is CN(C)c1ccc(C(CC(=O)c2ccccc2)Nc2ccc(Cl)cc2)cc1. The number of nitrogens with zero attached hydrogens (tertiary/aromatic N) is 1. The first-order valence-electron chi connectivity index (χ1n) is 8.90. The van der Waals surface area contributed by atoms with Crippen LogP contribution in [0.25, 0.3) is 0 Å². The van der Waals surface area contributed by atoms with Gasteiger partial charge in [0.1, 0.15) is 0 Å². The monoisotopic (exact) mass is 378 g/mol. The number of hydrogen-bond donors (Lipinski definition) is 1. The molecule has 4 heteroatoms. The molecule has 0 aliphatic carbocycles. The molecule has 0 fully saturated rings. The molecule has 0 bridgehead atoms. The minimum atomic E-state index is -0.130. The topological polar surface area (TPSA) is 32.3 Å². The van der Waals surface area contributed by atoms with E-state index in [0.29, 0.717) is 11.4 Å². The Balaban J connectivity index is 1.85. The molecule has 0 saturated heterocycles. The predicted octanol–water partition coefficient (Wildman–Crippen LogP) is 5.83. The summed E-state index contributed by atoms with van der Waals surface area (Å²) >= 11 is 5.99. The van der Waals surface area contributed by atoms with E-state index in [2.05, 4.69) is 34.5 Å². The van der Waals surface area contributed by atoms with E-state index in [9.17, 15) is 4.79 Å². The molecule has 0 amide bonds. The molecule has 0 aliphatic rings. The van der Waals surface area contributed by atoms with Gasteiger partial charge in [0.2, 0.25) is 0 Å². The zero-order chi connectivity index (χ0) is 19.2. The highest BCUT2D eigenvalue weighted by Gasteiger charge is 2.17. The van der Waals surface area contributed by atoms with Gasteiger partial charge in [-0.15, -0.1) is 0 Å². The van der Waals surface area contributed by atoms with Crippen LogP contribution in [0.1, 0.15) is 28.4 Å². The third-order valence-electron chi connectivity index (χ3n) is 4.48. The van der Waals surface area contributed by atoms with Crippen molar-refractivity contribution < 1.29 is 4.79 Å². The molecule has 0 aromatic heterocycles. The number of nitrogens with one attached hydrogen (secondary N) is 1. The van der Waals surface area contributed by atoms with Gasteiger partial charge in [0, 0.05) is 42.5 Å². The van der Waals surface area contributed by atoms with E-state index in [1.54, 1.807) is 0 Å². The van der Waals surface area contributed by atoms with Gasteiger partial charge in [-0.1, -0.05) is 54.1 Å². The smallest absolute Gasteiger partial charge is 0.165 e. The highest BCUT2D eigenvalue weighted by molar-refractivity contribution is 6.30. The molecule has 3 aromatic carbocycles. The number of halogens is 1. The van der Waals surface area contributed by atoms with Crippen molar-refractivity contribution in [2.45, 2.75) is 12.5 Å². The first-order chi connectivity index (χ1) is 13.0. The molecular weight excluding hydrogens is 356 g/mol. The standard InChI is InChI=1S/C23H23ClN2O/c1-26(2)21-14-8-17(9-15-21)22(25-20-12-10-19(24)11-13-20)16-23(27)18-6-4-3-5-7-18/h3-15,22,25H,16H2,1-2H3. The van der Waals surface area contributed by atoms with Crippen molar-refractivity contribution in [3.63, 3.8) is 0 Å². The minimum absolute atomic E-state index is 0.110. The van der Waals surface area contributed by atoms with Crippen molar-refractivity contribution >= 4 is 28.8 Å². The number of carbonyl (C=O) groups excluding carboxylic acids is 1. The molecule has 1 unspecified atom stereocenters. The molecule has 3 rings (SSSR count). The lowest BCUT2D eigenvalue weighted by molar-refractivity contribution is 0.0976. The van der Waals surface area contributed by atoms with Crippen molar-refractivity contribution in [3.8, 4) is 0 Å². The summed E-state index contributed by atoms with van der Waals surface area (Å²) in [7, 11) is 4.02. The van der Waals surface area contributed by atoms with Gasteiger partial charge in [0.25, 0.3) is 0 Å². The molecular formula is C23H23ClN2O. The van der Waals surface area contributed by atoms with E-state index in [-0.39, 0.29) is 11.8 Å². The molecule has 0 saturated carbocycles. The highest BCUT2D eigenvalue weighted by Crippen LogP contribution is 2.27. The van der Waals surface area contributed by atoms with E-state index in [0.717, 1.165) is 22.5 Å². The Morgan fingerprint density at radius 1 is 0.926 bits per heavy atom. The second-order valence-corrected chi connectivity index (χ2v) is 7.12. The summed E-state index contributed by atoms with van der Waals surface area (Å²) in [6.45, 7) is 0. The van der Waals surface area contributed by atoms with Crippen molar-refractivity contribution in [3.05, 3.63) is 95.0 Å². The Hall–Kier alpha value is -2.78. The molecule has 0 spiro atoms. The van der Waals surface area contributed by atoms with Crippen LogP contribution in [0.2, 0.25) is 5.02 Å². The summed E-state index contributed by atoms with van der Waals surface area (Å²) in [5, 5.41) is 4.17. The summed E-state index contributed by atoms with van der Waals surface area (Å²) in [4.78, 5) is 14.8. The molecule has 0 aliphatic heterocycles. The molecule has 27 heavy (non-hydrogen) atoms. The molecule has 1 N–H and O–H groups in total. The Morgan fingerprint density at radius 2 is 1.56 bits per heavy atom. The Labute approximate surface area is 165 Å². The fourth-order valence-corrected chi connectivity index (χ4v) is 3.06. The van der Waals surface area contributed by atoms with Crippen LogP contribution in [0.3, 0.4) is 0 Å². The fraction of sp³-hybridized carbons (Fsp3) is 0.174. The first-order valence-corrected chi connectivity index (χ1v) is 9.28. The normalized spacial score (nSPS) is 11.7. The molecule has 1 atom stereocenters. The van der Waals surface area contributed by atoms with Gasteiger partial charge < -0.3 is 10.2 Å². The van der Waals surface area contributed by atoms with E-state index in [1.807, 2.05) is 68.7 Å². The van der Waals surface area contributed by atoms with E-state index in [1.165, 1.54) is 0 Å². The van der Waals surface area contributed by atoms with Crippen LogP contribution in [0, 0.1) is 0 Å². The maximum absolute atomic E-state index is 12.8. The van der Waals surface area contributed by atoms with E-state index in [4.69, 9.17) is 11.6 Å². The number of rotatable bonds is 7. The number of hydrogen-bond acceptors (Lipinski definition) is 3. The zero-order valence-corrected chi connectivity index (χ0v) is 16.3. The first kappa shape index (κ1) is 19.0. The van der Waals surface area contributed by atoms with Crippen molar-refractivity contribution in [1.29, 1.82) is 0 Å². The minimum Gasteiger partial charge on any atom is -0.378 e. The summed E-state index contributed by atoms with van der Waals surface area (Å²) in [6.07, 6.45) is 0.369. The van der Waals surface area contributed by atoms with Crippen molar-refractivity contribution in [2.24, 2.45) is 0 Å². The zero-order valence-electron chi connectivity index (χ0n) is 15.5. The summed E-state index contributed by atoms with van der Waals surface area (Å²) in [5.74, 6) is 0.110. The number of ketones is 1. The van der Waals surface area contributed by atoms with Crippen molar-refractivity contribution in [1.82, 2.24) is 0 Å². The van der Waals surface area contributed by atoms with Crippen LogP contribution in [-0.2, 0) is 0 Å². The lowest BCUT2D eigenvalue weighted by atomic mass is 9.97. The Morgan fingerprint density at radius 3 is 2.15 bits per heavy atom. The van der Waals surface area contributed by atoms with Crippen LogP contribution in [-0.4, -0.2) is 19.9 Å². The van der Waals surface area contributed by atoms with Gasteiger partial charge in [-0.05, 0) is 42.0 Å². The number of carbonyl (C=O) groups is 1. The van der Waals surface area contributed by atoms with Gasteiger partial charge >= 0.3 is 0 Å². The van der Waals surface area contributed by atoms with E-state index >= 15 is 0 Å². The largest absolute Gasteiger partial charge is 0.378 e. The number of anilines is 2. The van der Waals surface area contributed by atoms with E-state index < -0.39 is 0 Å². The lowest BCUT2D eigenvalue weighted by Gasteiger charge is -2.21. The quantitative estimate of drug-likeness (QED) is 0.525. The third kappa shape index (κ3) is 5.11. The fourth-order valence-electron chi connectivity index (χ4n) is 2.93. The molecule has 0 heterocycles. The molecule has 138 valence electrons. The summed E-state index contributed by atoms with van der Waals surface area (Å²) < 4.78 is 0. The van der Waals surface area contributed by atoms with Gasteiger partial charge in [-0.25, -0.2) is 0 Å². The van der Waals surface area contributed by atoms with Crippen LogP contribution in [0.4, 0.5) is 11.4 Å². The Bertz CT molecular complexity index is 875. The average Bonchev–Trinajstić information content (AvgIpc) is 2.70. The number of Topliss-reactive ketones (excluding diaryl/α,β-unsaturated/α-hetero) is 1. The average molecular weight is 379 g/mol. The molecule has 3 nitrogen and oxygen atoms in total. The maximum atomic E-state index is 12.8. The number of benzene rings is 3. The molecule has 3 aromatic rings. The van der Waals surface area contributed by atoms with Gasteiger partial charge in [0.05, 0.1) is 6.04 Å². The van der Waals surface area contributed by atoms with Gasteiger partial charge in [-0.3, -0.25) is 4.79 Å². The van der Waals surface area contributed by atoms with Crippen LogP contribution < -0.4 is 10.2 Å². The van der Waals surface area contributed by atoms with Crippen LogP contribution in [0.5, 0.6) is 0 Å². The van der Waals surface area contributed by atoms with Gasteiger partial charge in [-0.2, -0.15) is 0 Å². The van der Waals surface area contributed by atoms with Crippen LogP contribution >= 0.6 is 11.6 Å². The lowest BCUT2D eigenvalue weighted by Crippen LogP contribution is -2.16. The maximum Gasteiger partial charge on any atom is 0.165 e. The van der Waals surface area contributed by atoms with Crippen molar-refractivity contribution in [2.75, 3.05) is 24.3 Å².